The van der Waals surface area contributed by atoms with Gasteiger partial charge < -0.3 is 4.74 Å². The molecule has 1 fully saturated rings. The molecule has 1 aliphatic heterocycles. The number of ether oxygens (including phenoxy) is 1. The SMILES string of the molecule is Cc1cccc2c1OC1=CC=CC3CC123. The molecular weight excluding hydrogens is 184 g/mol. The molecule has 0 aromatic heterocycles. The lowest BCUT2D eigenvalue weighted by Crippen LogP contribution is -2.10. The molecule has 2 unspecified atom stereocenters. The Bertz CT molecular complexity index is 524. The molecule has 1 aromatic rings. The van der Waals surface area contributed by atoms with Crippen LogP contribution in [0.2, 0.25) is 0 Å². The van der Waals surface area contributed by atoms with Crippen molar-refractivity contribution in [1.82, 2.24) is 0 Å². The van der Waals surface area contributed by atoms with Crippen molar-refractivity contribution in [3.05, 3.63) is 53.3 Å². The summed E-state index contributed by atoms with van der Waals surface area (Å²) in [6.07, 6.45) is 7.80. The van der Waals surface area contributed by atoms with Crippen LogP contribution in [0.4, 0.5) is 0 Å². The summed E-state index contributed by atoms with van der Waals surface area (Å²) in [5, 5.41) is 0. The minimum atomic E-state index is 0.232. The second-order valence-electron chi connectivity index (χ2n) is 4.75. The van der Waals surface area contributed by atoms with E-state index in [2.05, 4.69) is 43.4 Å². The number of allylic oxidation sites excluding steroid dienone is 4. The third kappa shape index (κ3) is 0.728. The Balaban J connectivity index is 2.02. The summed E-state index contributed by atoms with van der Waals surface area (Å²) in [5.41, 5.74) is 2.89. The molecule has 0 bridgehead atoms. The number of benzene rings is 1. The maximum atomic E-state index is 6.00. The Morgan fingerprint density at radius 3 is 3.27 bits per heavy atom. The predicted octanol–water partition coefficient (Wildman–Crippen LogP) is 3.10. The van der Waals surface area contributed by atoms with E-state index in [1.54, 1.807) is 0 Å². The fraction of sp³-hybridized carbons (Fsp3) is 0.286. The summed E-state index contributed by atoms with van der Waals surface area (Å²) in [4.78, 5) is 0. The van der Waals surface area contributed by atoms with Crippen molar-refractivity contribution in [2.24, 2.45) is 5.92 Å². The van der Waals surface area contributed by atoms with Gasteiger partial charge in [-0.3, -0.25) is 0 Å². The lowest BCUT2D eigenvalue weighted by molar-refractivity contribution is 0.414. The number of aryl methyl sites for hydroxylation is 1. The summed E-state index contributed by atoms with van der Waals surface area (Å²) >= 11 is 0. The molecule has 0 saturated heterocycles. The van der Waals surface area contributed by atoms with Crippen LogP contribution in [0.5, 0.6) is 5.75 Å². The van der Waals surface area contributed by atoms with Gasteiger partial charge in [0.15, 0.2) is 0 Å². The zero-order valence-electron chi connectivity index (χ0n) is 8.66. The Kier molecular flexibility index (Phi) is 1.13. The first-order valence-electron chi connectivity index (χ1n) is 5.49. The topological polar surface area (TPSA) is 9.23 Å². The number of hydrogen-bond acceptors (Lipinski definition) is 1. The van der Waals surface area contributed by atoms with Crippen LogP contribution in [-0.4, -0.2) is 0 Å². The van der Waals surface area contributed by atoms with Gasteiger partial charge in [-0.1, -0.05) is 30.4 Å². The summed E-state index contributed by atoms with van der Waals surface area (Å²) in [5.74, 6) is 2.95. The van der Waals surface area contributed by atoms with Crippen LogP contribution < -0.4 is 4.74 Å². The smallest absolute Gasteiger partial charge is 0.134 e. The van der Waals surface area contributed by atoms with E-state index in [4.69, 9.17) is 4.74 Å². The van der Waals surface area contributed by atoms with Crippen molar-refractivity contribution >= 4 is 0 Å². The minimum Gasteiger partial charge on any atom is -0.460 e. The largest absolute Gasteiger partial charge is 0.460 e. The van der Waals surface area contributed by atoms with Crippen molar-refractivity contribution in [2.75, 3.05) is 0 Å². The number of para-hydroxylation sites is 1. The van der Waals surface area contributed by atoms with E-state index < -0.39 is 0 Å². The maximum Gasteiger partial charge on any atom is 0.134 e. The maximum absolute atomic E-state index is 6.00. The summed E-state index contributed by atoms with van der Waals surface area (Å²) in [6.45, 7) is 2.12. The first-order valence-corrected chi connectivity index (χ1v) is 5.49. The highest BCUT2D eigenvalue weighted by Gasteiger charge is 2.63. The van der Waals surface area contributed by atoms with Crippen LogP contribution in [0.15, 0.2) is 42.2 Å². The van der Waals surface area contributed by atoms with E-state index in [9.17, 15) is 0 Å². The molecule has 2 aliphatic carbocycles. The first kappa shape index (κ1) is 7.75. The molecule has 1 heteroatoms. The normalized spacial score (nSPS) is 33.7. The van der Waals surface area contributed by atoms with Crippen molar-refractivity contribution in [3.63, 3.8) is 0 Å². The van der Waals surface area contributed by atoms with Gasteiger partial charge in [0.25, 0.3) is 0 Å². The van der Waals surface area contributed by atoms with Crippen LogP contribution in [0.25, 0.3) is 0 Å². The Hall–Kier alpha value is -1.50. The van der Waals surface area contributed by atoms with Gasteiger partial charge in [0, 0.05) is 5.56 Å². The van der Waals surface area contributed by atoms with Gasteiger partial charge in [-0.15, -0.1) is 0 Å². The Labute approximate surface area is 89.1 Å². The van der Waals surface area contributed by atoms with E-state index in [0.29, 0.717) is 5.92 Å². The van der Waals surface area contributed by atoms with Crippen LogP contribution in [0.3, 0.4) is 0 Å². The van der Waals surface area contributed by atoms with E-state index in [-0.39, 0.29) is 5.41 Å². The quantitative estimate of drug-likeness (QED) is 0.619. The van der Waals surface area contributed by atoms with Gasteiger partial charge in [0.05, 0.1) is 5.41 Å². The lowest BCUT2D eigenvalue weighted by atomic mass is 9.89. The van der Waals surface area contributed by atoms with Gasteiger partial charge in [-0.05, 0) is 30.9 Å². The molecule has 0 N–H and O–H groups in total. The molecule has 15 heavy (non-hydrogen) atoms. The molecule has 0 radical (unpaired) electrons. The van der Waals surface area contributed by atoms with Crippen LogP contribution in [0, 0.1) is 12.8 Å². The molecular formula is C14H12O. The highest BCUT2D eigenvalue weighted by Crippen LogP contribution is 2.67. The van der Waals surface area contributed by atoms with Crippen LogP contribution in [-0.2, 0) is 5.41 Å². The fourth-order valence-electron chi connectivity index (χ4n) is 3.05. The fourth-order valence-corrected chi connectivity index (χ4v) is 3.05. The van der Waals surface area contributed by atoms with E-state index in [1.807, 2.05) is 0 Å². The highest BCUT2D eigenvalue weighted by atomic mass is 16.5. The zero-order valence-corrected chi connectivity index (χ0v) is 8.66. The van der Waals surface area contributed by atoms with Gasteiger partial charge in [0.1, 0.15) is 11.5 Å². The van der Waals surface area contributed by atoms with E-state index in [0.717, 1.165) is 5.75 Å². The third-order valence-corrected chi connectivity index (χ3v) is 3.95. The molecule has 0 amide bonds. The molecule has 4 rings (SSSR count). The lowest BCUT2D eigenvalue weighted by Gasteiger charge is -2.11. The van der Waals surface area contributed by atoms with Crippen molar-refractivity contribution in [2.45, 2.75) is 18.8 Å². The number of hydrogen-bond donors (Lipinski definition) is 0. The number of rotatable bonds is 0. The predicted molar refractivity (Wildman–Crippen MR) is 58.8 cm³/mol. The Morgan fingerprint density at radius 1 is 1.40 bits per heavy atom. The van der Waals surface area contributed by atoms with Gasteiger partial charge in [-0.25, -0.2) is 0 Å². The summed E-state index contributed by atoms with van der Waals surface area (Å²) < 4.78 is 6.00. The molecule has 1 heterocycles. The van der Waals surface area contributed by atoms with E-state index in [1.165, 1.54) is 23.3 Å². The van der Waals surface area contributed by atoms with Crippen LogP contribution in [0.1, 0.15) is 17.5 Å². The average molecular weight is 196 g/mol. The van der Waals surface area contributed by atoms with Gasteiger partial charge >= 0.3 is 0 Å². The molecule has 1 spiro atoms. The molecule has 1 aromatic carbocycles. The van der Waals surface area contributed by atoms with Crippen molar-refractivity contribution in [1.29, 1.82) is 0 Å². The van der Waals surface area contributed by atoms with Crippen LogP contribution >= 0.6 is 0 Å². The molecule has 1 nitrogen and oxygen atoms in total. The van der Waals surface area contributed by atoms with E-state index >= 15 is 0 Å². The molecule has 2 atom stereocenters. The summed E-state index contributed by atoms with van der Waals surface area (Å²) in [7, 11) is 0. The van der Waals surface area contributed by atoms with Gasteiger partial charge in [0.2, 0.25) is 0 Å². The monoisotopic (exact) mass is 196 g/mol. The first-order chi connectivity index (χ1) is 7.32. The standard InChI is InChI=1S/C14H12O/c1-9-4-2-6-11-13(9)15-12-7-3-5-10-8-14(10,11)12/h2-7,10H,8H2,1H3. The number of fused-ring (bicyclic) bond motifs is 1. The van der Waals surface area contributed by atoms with Crippen molar-refractivity contribution in [3.8, 4) is 5.75 Å². The summed E-state index contributed by atoms with van der Waals surface area (Å²) in [6, 6.07) is 6.49. The highest BCUT2D eigenvalue weighted by molar-refractivity contribution is 5.61. The third-order valence-electron chi connectivity index (χ3n) is 3.95. The van der Waals surface area contributed by atoms with Gasteiger partial charge in [-0.2, -0.15) is 0 Å². The second kappa shape index (κ2) is 2.19. The molecule has 3 aliphatic rings. The molecule has 1 saturated carbocycles. The zero-order chi connectivity index (χ0) is 10.0. The minimum absolute atomic E-state index is 0.232. The second-order valence-corrected chi connectivity index (χ2v) is 4.75. The Morgan fingerprint density at radius 2 is 2.33 bits per heavy atom. The molecule has 74 valence electrons. The van der Waals surface area contributed by atoms with Crippen molar-refractivity contribution < 1.29 is 4.74 Å². The average Bonchev–Trinajstić information content (AvgIpc) is 2.89.